The first-order valence-corrected chi connectivity index (χ1v) is 12.8. The van der Waals surface area contributed by atoms with E-state index in [1.165, 1.54) is 38.5 Å². The Kier molecular flexibility index (Phi) is 5.77. The molecule has 156 valence electrons. The van der Waals surface area contributed by atoms with E-state index in [1.807, 2.05) is 0 Å². The molecule has 0 aromatic rings. The monoisotopic (exact) mass is 372 g/mol. The topological polar surface area (TPSA) is 0 Å². The van der Waals surface area contributed by atoms with Crippen molar-refractivity contribution in [1.82, 2.24) is 0 Å². The van der Waals surface area contributed by atoms with Crippen LogP contribution >= 0.6 is 0 Å². The first kappa shape index (κ1) is 20.3. The van der Waals surface area contributed by atoms with Crippen LogP contribution in [0.15, 0.2) is 0 Å². The molecule has 27 heavy (non-hydrogen) atoms. The second-order valence-corrected chi connectivity index (χ2v) is 12.5. The van der Waals surface area contributed by atoms with Gasteiger partial charge in [0, 0.05) is 0 Å². The molecule has 4 rings (SSSR count). The summed E-state index contributed by atoms with van der Waals surface area (Å²) in [5.41, 5.74) is 1.41. The van der Waals surface area contributed by atoms with Crippen LogP contribution < -0.4 is 0 Å². The molecule has 8 atom stereocenters. The van der Waals surface area contributed by atoms with Crippen LogP contribution in [0.3, 0.4) is 0 Å². The van der Waals surface area contributed by atoms with E-state index in [4.69, 9.17) is 0 Å². The molecule has 0 heterocycles. The Labute approximate surface area is 170 Å². The van der Waals surface area contributed by atoms with Crippen molar-refractivity contribution in [2.45, 2.75) is 118 Å². The van der Waals surface area contributed by atoms with E-state index in [9.17, 15) is 0 Å². The Hall–Kier alpha value is 0. The lowest BCUT2D eigenvalue weighted by molar-refractivity contribution is -0.108. The Bertz CT molecular complexity index is 506. The van der Waals surface area contributed by atoms with Crippen LogP contribution in [0.5, 0.6) is 0 Å². The average molecular weight is 373 g/mol. The molecule has 4 aliphatic rings. The predicted octanol–water partition coefficient (Wildman–Crippen LogP) is 8.50. The number of hydrogen-bond donors (Lipinski definition) is 0. The zero-order valence-electron chi connectivity index (χ0n) is 19.2. The maximum Gasteiger partial charge on any atom is -0.0264 e. The highest BCUT2D eigenvalue weighted by molar-refractivity contribution is 5.08. The molecular formula is C27H48. The van der Waals surface area contributed by atoms with Crippen LogP contribution in [0.4, 0.5) is 0 Å². The van der Waals surface area contributed by atoms with Crippen molar-refractivity contribution in [3.05, 3.63) is 0 Å². The second-order valence-electron chi connectivity index (χ2n) is 12.5. The van der Waals surface area contributed by atoms with Crippen LogP contribution in [0.2, 0.25) is 0 Å². The normalized spacial score (nSPS) is 48.0. The van der Waals surface area contributed by atoms with Gasteiger partial charge in [0.25, 0.3) is 0 Å². The van der Waals surface area contributed by atoms with Crippen LogP contribution in [0.1, 0.15) is 118 Å². The SMILES string of the molecule is CC(C)CCC[C@@H](C)[C@@H]1CC[C@@]2(C)[C@@H]1CC[C@H]1[C@H]2CC[C@]2(C)CCCC[C@@H]12. The van der Waals surface area contributed by atoms with Crippen molar-refractivity contribution in [3.63, 3.8) is 0 Å². The van der Waals surface area contributed by atoms with Crippen molar-refractivity contribution in [3.8, 4) is 0 Å². The Morgan fingerprint density at radius 1 is 0.741 bits per heavy atom. The van der Waals surface area contributed by atoms with E-state index in [1.54, 1.807) is 44.9 Å². The molecule has 0 aliphatic heterocycles. The summed E-state index contributed by atoms with van der Waals surface area (Å²) in [5, 5.41) is 0. The quantitative estimate of drug-likeness (QED) is 0.453. The van der Waals surface area contributed by atoms with E-state index >= 15 is 0 Å². The predicted molar refractivity (Wildman–Crippen MR) is 118 cm³/mol. The molecule has 0 radical (unpaired) electrons. The third-order valence-corrected chi connectivity index (χ3v) is 10.7. The highest BCUT2D eigenvalue weighted by Crippen LogP contribution is 2.68. The molecule has 0 spiro atoms. The maximum atomic E-state index is 2.76. The van der Waals surface area contributed by atoms with Crippen LogP contribution in [-0.4, -0.2) is 0 Å². The van der Waals surface area contributed by atoms with Crippen LogP contribution in [0, 0.1) is 52.3 Å². The van der Waals surface area contributed by atoms with E-state index < -0.39 is 0 Å². The minimum absolute atomic E-state index is 0.693. The van der Waals surface area contributed by atoms with Crippen LogP contribution in [0.25, 0.3) is 0 Å². The standard InChI is InChI=1S/C27H48/c1-19(2)9-8-10-20(3)21-14-18-27(5)24(21)13-12-22-23-11-6-7-16-26(23,4)17-15-25(22)27/h19-25H,6-18H2,1-5H3/t20-,21+,22-,23+,24-,25-,26+,27+/m1/s1. The molecule has 0 N–H and O–H groups in total. The molecule has 4 aliphatic carbocycles. The molecule has 0 saturated heterocycles. The Morgan fingerprint density at radius 3 is 2.33 bits per heavy atom. The van der Waals surface area contributed by atoms with Crippen molar-refractivity contribution < 1.29 is 0 Å². The zero-order chi connectivity index (χ0) is 19.2. The molecule has 0 heteroatoms. The average Bonchev–Trinajstić information content (AvgIpc) is 2.98. The van der Waals surface area contributed by atoms with Gasteiger partial charge >= 0.3 is 0 Å². The van der Waals surface area contributed by atoms with E-state index in [0.717, 1.165) is 41.4 Å². The van der Waals surface area contributed by atoms with E-state index in [0.29, 0.717) is 10.8 Å². The zero-order valence-corrected chi connectivity index (χ0v) is 19.2. The fourth-order valence-electron chi connectivity index (χ4n) is 9.14. The van der Waals surface area contributed by atoms with E-state index in [2.05, 4.69) is 34.6 Å². The summed E-state index contributed by atoms with van der Waals surface area (Å²) in [4.78, 5) is 0. The van der Waals surface area contributed by atoms with E-state index in [-0.39, 0.29) is 0 Å². The summed E-state index contributed by atoms with van der Waals surface area (Å²) < 4.78 is 0. The lowest BCUT2D eigenvalue weighted by Crippen LogP contribution is -2.52. The van der Waals surface area contributed by atoms with Crippen molar-refractivity contribution in [1.29, 1.82) is 0 Å². The molecule has 0 unspecified atom stereocenters. The number of rotatable bonds is 5. The van der Waals surface area contributed by atoms with Gasteiger partial charge in [0.15, 0.2) is 0 Å². The lowest BCUT2D eigenvalue weighted by Gasteiger charge is -2.60. The van der Waals surface area contributed by atoms with Crippen molar-refractivity contribution >= 4 is 0 Å². The third kappa shape index (κ3) is 3.54. The maximum absolute atomic E-state index is 2.76. The first-order valence-electron chi connectivity index (χ1n) is 12.8. The number of fused-ring (bicyclic) bond motifs is 5. The minimum Gasteiger partial charge on any atom is -0.0628 e. The summed E-state index contributed by atoms with van der Waals surface area (Å²) in [7, 11) is 0. The molecular weight excluding hydrogens is 324 g/mol. The molecule has 4 saturated carbocycles. The smallest absolute Gasteiger partial charge is 0.0264 e. The van der Waals surface area contributed by atoms with Gasteiger partial charge < -0.3 is 0 Å². The van der Waals surface area contributed by atoms with Gasteiger partial charge in [-0.3, -0.25) is 0 Å². The molecule has 0 bridgehead atoms. The molecule has 0 aromatic heterocycles. The molecule has 0 aromatic carbocycles. The summed E-state index contributed by atoms with van der Waals surface area (Å²) in [6.07, 6.45) is 19.9. The lowest BCUT2D eigenvalue weighted by atomic mass is 9.45. The fraction of sp³-hybridized carbons (Fsp3) is 1.00. The summed E-state index contributed by atoms with van der Waals surface area (Å²) >= 11 is 0. The summed E-state index contributed by atoms with van der Waals surface area (Å²) in [6.45, 7) is 12.8. The fourth-order valence-corrected chi connectivity index (χ4v) is 9.14. The van der Waals surface area contributed by atoms with Gasteiger partial charge in [-0.15, -0.1) is 0 Å². The van der Waals surface area contributed by atoms with Gasteiger partial charge in [-0.1, -0.05) is 66.7 Å². The highest BCUT2D eigenvalue weighted by atomic mass is 14.6. The van der Waals surface area contributed by atoms with Gasteiger partial charge in [0.1, 0.15) is 0 Å². The summed E-state index contributed by atoms with van der Waals surface area (Å²) in [6, 6.07) is 0. The van der Waals surface area contributed by atoms with Crippen molar-refractivity contribution in [2.24, 2.45) is 52.3 Å². The second kappa shape index (κ2) is 7.68. The first-order chi connectivity index (χ1) is 12.8. The van der Waals surface area contributed by atoms with Gasteiger partial charge in [0.2, 0.25) is 0 Å². The van der Waals surface area contributed by atoms with Gasteiger partial charge in [-0.2, -0.15) is 0 Å². The largest absolute Gasteiger partial charge is 0.0628 e. The van der Waals surface area contributed by atoms with Crippen molar-refractivity contribution in [2.75, 3.05) is 0 Å². The Morgan fingerprint density at radius 2 is 1.56 bits per heavy atom. The highest BCUT2D eigenvalue weighted by Gasteiger charge is 2.59. The Balaban J connectivity index is 1.45. The summed E-state index contributed by atoms with van der Waals surface area (Å²) in [5.74, 6) is 7.18. The molecule has 0 nitrogen and oxygen atoms in total. The molecule has 0 amide bonds. The van der Waals surface area contributed by atoms with Gasteiger partial charge in [0.05, 0.1) is 0 Å². The number of hydrogen-bond acceptors (Lipinski definition) is 0. The van der Waals surface area contributed by atoms with Gasteiger partial charge in [-0.25, -0.2) is 0 Å². The third-order valence-electron chi connectivity index (χ3n) is 10.7. The minimum atomic E-state index is 0.693. The molecule has 4 fully saturated rings. The van der Waals surface area contributed by atoms with Crippen LogP contribution in [-0.2, 0) is 0 Å². The van der Waals surface area contributed by atoms with Gasteiger partial charge in [-0.05, 0) is 104 Å².